The zero-order valence-electron chi connectivity index (χ0n) is 15.8. The quantitative estimate of drug-likeness (QED) is 0.369. The third-order valence-electron chi connectivity index (χ3n) is 5.15. The summed E-state index contributed by atoms with van der Waals surface area (Å²) >= 11 is 13.4. The Kier molecular flexibility index (Phi) is 5.94. The average molecular weight is 482 g/mol. The number of aliphatic carboxylic acids is 1. The number of nitrogens with one attached hydrogen (secondary N) is 3. The van der Waals surface area contributed by atoms with E-state index in [0.717, 1.165) is 15.8 Å². The predicted octanol–water partition coefficient (Wildman–Crippen LogP) is 2.88. The topological polar surface area (TPSA) is 132 Å². The number of benzene rings is 1. The lowest BCUT2D eigenvalue weighted by Crippen LogP contribution is -2.45. The largest absolute Gasteiger partial charge is 0.479 e. The molecule has 0 spiro atoms. The fraction of sp³-hybridized carbons (Fsp3) is 0.250. The van der Waals surface area contributed by atoms with Gasteiger partial charge in [0.1, 0.15) is 10.0 Å². The predicted molar refractivity (Wildman–Crippen MR) is 117 cm³/mol. The summed E-state index contributed by atoms with van der Waals surface area (Å²) in [5, 5.41) is 24.3. The molecule has 0 saturated carbocycles. The Morgan fingerprint density at radius 3 is 2.68 bits per heavy atom. The van der Waals surface area contributed by atoms with E-state index in [2.05, 4.69) is 15.6 Å². The molecule has 1 aromatic carbocycles. The summed E-state index contributed by atoms with van der Waals surface area (Å²) in [5.41, 5.74) is 2.68. The number of aromatic nitrogens is 1. The van der Waals surface area contributed by atoms with Gasteiger partial charge in [0.05, 0.1) is 33.7 Å². The van der Waals surface area contributed by atoms with Gasteiger partial charge in [0.25, 0.3) is 5.91 Å². The number of hydrogen-bond acceptors (Lipinski definition) is 5. The molecule has 1 aliphatic carbocycles. The van der Waals surface area contributed by atoms with Crippen LogP contribution in [0.25, 0.3) is 10.2 Å². The summed E-state index contributed by atoms with van der Waals surface area (Å²) in [4.78, 5) is 39.0. The molecule has 0 radical (unpaired) electrons. The Morgan fingerprint density at radius 2 is 1.97 bits per heavy atom. The molecule has 8 nitrogen and oxygen atoms in total. The van der Waals surface area contributed by atoms with Crippen LogP contribution in [0.5, 0.6) is 0 Å². The first-order valence-electron chi connectivity index (χ1n) is 9.30. The van der Waals surface area contributed by atoms with Crippen LogP contribution in [0.1, 0.15) is 34.1 Å². The van der Waals surface area contributed by atoms with Gasteiger partial charge < -0.3 is 25.8 Å². The van der Waals surface area contributed by atoms with Crippen LogP contribution in [0.4, 0.5) is 0 Å². The van der Waals surface area contributed by atoms with Crippen LogP contribution in [0.3, 0.4) is 0 Å². The molecule has 0 bridgehead atoms. The molecule has 0 unspecified atom stereocenters. The van der Waals surface area contributed by atoms with Crippen molar-refractivity contribution in [1.82, 2.24) is 15.6 Å². The summed E-state index contributed by atoms with van der Waals surface area (Å²) < 4.78 is 1.19. The first-order valence-corrected chi connectivity index (χ1v) is 10.9. The van der Waals surface area contributed by atoms with Gasteiger partial charge in [-0.25, -0.2) is 4.79 Å². The van der Waals surface area contributed by atoms with E-state index in [4.69, 9.17) is 28.3 Å². The number of rotatable bonds is 6. The number of amides is 2. The summed E-state index contributed by atoms with van der Waals surface area (Å²) in [6, 6.07) is 8.05. The van der Waals surface area contributed by atoms with Gasteiger partial charge in [0, 0.05) is 0 Å². The van der Waals surface area contributed by atoms with Crippen molar-refractivity contribution in [3.05, 3.63) is 56.5 Å². The van der Waals surface area contributed by atoms with Crippen LogP contribution in [0, 0.1) is 0 Å². The zero-order valence-corrected chi connectivity index (χ0v) is 18.1. The van der Waals surface area contributed by atoms with Gasteiger partial charge in [0.2, 0.25) is 5.91 Å². The SMILES string of the molecule is O=C(C[C@@H](O)C(=O)O)N[C@@H]1c2ccccc2C[C@H]1NC(=O)c1cc2sc(Cl)c(Cl)c2[nH]1. The number of thiophene rings is 1. The number of halogens is 2. The highest BCUT2D eigenvalue weighted by atomic mass is 35.5. The third-order valence-corrected chi connectivity index (χ3v) is 7.08. The van der Waals surface area contributed by atoms with Crippen molar-refractivity contribution < 1.29 is 24.6 Å². The van der Waals surface area contributed by atoms with Crippen molar-refractivity contribution >= 4 is 62.5 Å². The minimum Gasteiger partial charge on any atom is -0.479 e. The second-order valence-electron chi connectivity index (χ2n) is 7.20. The second-order valence-corrected chi connectivity index (χ2v) is 9.23. The minimum atomic E-state index is -1.80. The molecule has 3 atom stereocenters. The first kappa shape index (κ1) is 21.6. The minimum absolute atomic E-state index is 0.308. The second kappa shape index (κ2) is 8.51. The molecule has 4 rings (SSSR count). The van der Waals surface area contributed by atoms with Crippen molar-refractivity contribution in [1.29, 1.82) is 0 Å². The number of aromatic amines is 1. The fourth-order valence-electron chi connectivity index (χ4n) is 3.69. The van der Waals surface area contributed by atoms with Gasteiger partial charge in [-0.1, -0.05) is 47.5 Å². The maximum Gasteiger partial charge on any atom is 0.333 e. The summed E-state index contributed by atoms with van der Waals surface area (Å²) in [7, 11) is 0. The van der Waals surface area contributed by atoms with E-state index in [1.807, 2.05) is 24.3 Å². The standard InChI is InChI=1S/C20H17Cl2N3O5S/c21-15-17-13(31-18(15)22)6-11(23-17)19(28)24-10-5-8-3-1-2-4-9(8)16(10)25-14(27)7-12(26)20(29)30/h1-4,6,10,12,16,23,26H,5,7H2,(H,24,28)(H,25,27)(H,29,30)/t10-,12-,16-/m1/s1. The van der Waals surface area contributed by atoms with Crippen molar-refractivity contribution in [2.24, 2.45) is 0 Å². The van der Waals surface area contributed by atoms with Gasteiger partial charge in [-0.05, 0) is 23.6 Å². The monoisotopic (exact) mass is 481 g/mol. The number of hydrogen-bond donors (Lipinski definition) is 5. The Morgan fingerprint density at radius 1 is 1.23 bits per heavy atom. The highest BCUT2D eigenvalue weighted by molar-refractivity contribution is 7.23. The lowest BCUT2D eigenvalue weighted by molar-refractivity contribution is -0.149. The molecule has 5 N–H and O–H groups in total. The number of carboxylic acids is 1. The Hall–Kier alpha value is -2.59. The Balaban J connectivity index is 1.53. The molecule has 0 aliphatic heterocycles. The third kappa shape index (κ3) is 4.27. The smallest absolute Gasteiger partial charge is 0.333 e. The molecule has 3 aromatic rings. The number of aliphatic hydroxyl groups is 1. The molecule has 31 heavy (non-hydrogen) atoms. The van der Waals surface area contributed by atoms with Crippen molar-refractivity contribution in [2.45, 2.75) is 31.0 Å². The average Bonchev–Trinajstić information content (AvgIpc) is 3.36. The molecular weight excluding hydrogens is 465 g/mol. The molecule has 11 heteroatoms. The van der Waals surface area contributed by atoms with E-state index in [1.54, 1.807) is 6.07 Å². The summed E-state index contributed by atoms with van der Waals surface area (Å²) in [5.74, 6) is -2.48. The number of carboxylic acid groups (broad SMARTS) is 1. The lowest BCUT2D eigenvalue weighted by atomic mass is 10.1. The molecule has 0 fully saturated rings. The molecule has 2 heterocycles. The Bertz CT molecular complexity index is 1190. The highest BCUT2D eigenvalue weighted by Gasteiger charge is 2.35. The van der Waals surface area contributed by atoms with Crippen molar-refractivity contribution in [3.8, 4) is 0 Å². The van der Waals surface area contributed by atoms with Gasteiger partial charge in [-0.15, -0.1) is 11.3 Å². The fourth-order valence-corrected chi connectivity index (χ4v) is 5.17. The molecular formula is C20H17Cl2N3O5S. The number of carbonyl (C=O) groups is 3. The lowest BCUT2D eigenvalue weighted by Gasteiger charge is -2.23. The molecule has 162 valence electrons. The number of aliphatic hydroxyl groups excluding tert-OH is 1. The van der Waals surface area contributed by atoms with E-state index >= 15 is 0 Å². The zero-order chi connectivity index (χ0) is 22.3. The van der Waals surface area contributed by atoms with Crippen molar-refractivity contribution in [3.63, 3.8) is 0 Å². The van der Waals surface area contributed by atoms with Gasteiger partial charge in [0.15, 0.2) is 6.10 Å². The van der Waals surface area contributed by atoms with Crippen LogP contribution in [0.15, 0.2) is 30.3 Å². The van der Waals surface area contributed by atoms with Crippen LogP contribution in [-0.4, -0.2) is 45.1 Å². The maximum absolute atomic E-state index is 12.9. The molecule has 1 aliphatic rings. The summed E-state index contributed by atoms with van der Waals surface area (Å²) in [6.45, 7) is 0. The van der Waals surface area contributed by atoms with E-state index in [9.17, 15) is 19.5 Å². The van der Waals surface area contributed by atoms with E-state index in [1.165, 1.54) is 11.3 Å². The van der Waals surface area contributed by atoms with Crippen LogP contribution >= 0.6 is 34.5 Å². The van der Waals surface area contributed by atoms with Gasteiger partial charge in [-0.3, -0.25) is 9.59 Å². The van der Waals surface area contributed by atoms with E-state index in [0.29, 0.717) is 27.0 Å². The maximum atomic E-state index is 12.9. The van der Waals surface area contributed by atoms with E-state index in [-0.39, 0.29) is 5.91 Å². The van der Waals surface area contributed by atoms with Crippen LogP contribution < -0.4 is 10.6 Å². The normalized spacial score (nSPS) is 18.5. The summed E-state index contributed by atoms with van der Waals surface area (Å²) in [6.07, 6.45) is -1.90. The number of H-pyrrole nitrogens is 1. The van der Waals surface area contributed by atoms with Gasteiger partial charge >= 0.3 is 5.97 Å². The molecule has 2 aromatic heterocycles. The van der Waals surface area contributed by atoms with Crippen molar-refractivity contribution in [2.75, 3.05) is 0 Å². The van der Waals surface area contributed by atoms with E-state index < -0.39 is 36.5 Å². The molecule has 0 saturated heterocycles. The first-order chi connectivity index (χ1) is 14.7. The number of carbonyl (C=O) groups excluding carboxylic acids is 2. The van der Waals surface area contributed by atoms with Crippen LogP contribution in [0.2, 0.25) is 9.36 Å². The highest BCUT2D eigenvalue weighted by Crippen LogP contribution is 2.39. The molecule has 2 amide bonds. The van der Waals surface area contributed by atoms with Crippen LogP contribution in [-0.2, 0) is 16.0 Å². The Labute approximate surface area is 190 Å². The van der Waals surface area contributed by atoms with Gasteiger partial charge in [-0.2, -0.15) is 0 Å². The number of fused-ring (bicyclic) bond motifs is 2.